The Labute approximate surface area is 63.3 Å². The van der Waals surface area contributed by atoms with Crippen LogP contribution in [-0.2, 0) is 0 Å². The van der Waals surface area contributed by atoms with Crippen LogP contribution in [0.15, 0.2) is 11.6 Å². The summed E-state index contributed by atoms with van der Waals surface area (Å²) in [6.07, 6.45) is 6.85. The van der Waals surface area contributed by atoms with Crippen LogP contribution in [0.5, 0.6) is 0 Å². The van der Waals surface area contributed by atoms with Crippen molar-refractivity contribution in [3.63, 3.8) is 0 Å². The van der Waals surface area contributed by atoms with E-state index in [0.717, 1.165) is 17.8 Å². The van der Waals surface area contributed by atoms with Crippen molar-refractivity contribution < 1.29 is 0 Å². The fourth-order valence-corrected chi connectivity index (χ4v) is 2.64. The molecular formula is C10H16. The lowest BCUT2D eigenvalue weighted by molar-refractivity contribution is 0.426. The van der Waals surface area contributed by atoms with Crippen LogP contribution in [0.25, 0.3) is 0 Å². The molecule has 0 spiro atoms. The lowest BCUT2D eigenvalue weighted by Gasteiger charge is -2.17. The minimum Gasteiger partial charge on any atom is -0.0822 e. The Hall–Kier alpha value is -0.260. The first kappa shape index (κ1) is 6.45. The number of rotatable bonds is 0. The van der Waals surface area contributed by atoms with Crippen molar-refractivity contribution in [2.75, 3.05) is 0 Å². The van der Waals surface area contributed by atoms with Crippen LogP contribution in [-0.4, -0.2) is 0 Å². The van der Waals surface area contributed by atoms with Crippen LogP contribution in [0.4, 0.5) is 0 Å². The zero-order valence-electron chi connectivity index (χ0n) is 6.93. The topological polar surface area (TPSA) is 0 Å². The molecule has 0 heterocycles. The van der Waals surface area contributed by atoms with Crippen molar-refractivity contribution in [3.8, 4) is 0 Å². The molecule has 0 aromatic rings. The van der Waals surface area contributed by atoms with E-state index in [1.807, 2.05) is 0 Å². The Kier molecular flexibility index (Phi) is 1.36. The summed E-state index contributed by atoms with van der Waals surface area (Å²) in [5.74, 6) is 2.83. The summed E-state index contributed by atoms with van der Waals surface area (Å²) in [7, 11) is 0. The second-order valence-electron chi connectivity index (χ2n) is 4.16. The van der Waals surface area contributed by atoms with Gasteiger partial charge in [-0.15, -0.1) is 0 Å². The molecular weight excluding hydrogens is 120 g/mol. The maximum Gasteiger partial charge on any atom is -0.0229 e. The largest absolute Gasteiger partial charge is 0.0822 e. The highest BCUT2D eigenvalue weighted by molar-refractivity contribution is 5.17. The smallest absolute Gasteiger partial charge is 0.0229 e. The molecule has 2 bridgehead atoms. The Morgan fingerprint density at radius 2 is 2.10 bits per heavy atom. The molecule has 0 heteroatoms. The molecule has 0 aromatic heterocycles. The summed E-state index contributed by atoms with van der Waals surface area (Å²) >= 11 is 0. The van der Waals surface area contributed by atoms with Gasteiger partial charge in [-0.05, 0) is 37.0 Å². The van der Waals surface area contributed by atoms with E-state index in [1.54, 1.807) is 5.57 Å². The average molecular weight is 136 g/mol. The molecule has 0 N–H and O–H groups in total. The van der Waals surface area contributed by atoms with Crippen molar-refractivity contribution in [2.45, 2.75) is 33.1 Å². The summed E-state index contributed by atoms with van der Waals surface area (Å²) in [5, 5.41) is 0. The standard InChI is InChI=1S/C10H16/c1-7-3-9-5-8(2)10(4-7)6-9/h4,7-9H,3,5-6H2,1-2H3. The highest BCUT2D eigenvalue weighted by Gasteiger charge is 2.30. The summed E-state index contributed by atoms with van der Waals surface area (Å²) in [6.45, 7) is 4.73. The van der Waals surface area contributed by atoms with Crippen LogP contribution in [0.3, 0.4) is 0 Å². The van der Waals surface area contributed by atoms with E-state index in [4.69, 9.17) is 0 Å². The lowest BCUT2D eigenvalue weighted by Crippen LogP contribution is -2.04. The van der Waals surface area contributed by atoms with E-state index < -0.39 is 0 Å². The summed E-state index contributed by atoms with van der Waals surface area (Å²) in [4.78, 5) is 0. The average Bonchev–Trinajstić information content (AvgIpc) is 2.07. The number of allylic oxidation sites excluding steroid dienone is 2. The maximum absolute atomic E-state index is 2.51. The van der Waals surface area contributed by atoms with Crippen molar-refractivity contribution in [3.05, 3.63) is 11.6 Å². The molecule has 2 rings (SSSR count). The van der Waals surface area contributed by atoms with Gasteiger partial charge in [-0.2, -0.15) is 0 Å². The van der Waals surface area contributed by atoms with Crippen LogP contribution in [0.1, 0.15) is 33.1 Å². The third-order valence-corrected chi connectivity index (χ3v) is 3.05. The van der Waals surface area contributed by atoms with Crippen molar-refractivity contribution in [2.24, 2.45) is 17.8 Å². The van der Waals surface area contributed by atoms with Gasteiger partial charge < -0.3 is 0 Å². The highest BCUT2D eigenvalue weighted by Crippen LogP contribution is 2.43. The SMILES string of the molecule is CC1C=C2CC(C1)CC2C. The van der Waals surface area contributed by atoms with Gasteiger partial charge in [-0.1, -0.05) is 25.5 Å². The highest BCUT2D eigenvalue weighted by atomic mass is 14.4. The van der Waals surface area contributed by atoms with E-state index in [0.29, 0.717) is 0 Å². The van der Waals surface area contributed by atoms with E-state index in [2.05, 4.69) is 19.9 Å². The molecule has 56 valence electrons. The van der Waals surface area contributed by atoms with E-state index >= 15 is 0 Å². The number of fused-ring (bicyclic) bond motifs is 2. The molecule has 1 fully saturated rings. The quantitative estimate of drug-likeness (QED) is 0.449. The van der Waals surface area contributed by atoms with Crippen LogP contribution in [0.2, 0.25) is 0 Å². The van der Waals surface area contributed by atoms with Gasteiger partial charge in [0.2, 0.25) is 0 Å². The molecule has 0 nitrogen and oxygen atoms in total. The Morgan fingerprint density at radius 3 is 2.80 bits per heavy atom. The monoisotopic (exact) mass is 136 g/mol. The number of hydrogen-bond acceptors (Lipinski definition) is 0. The first-order valence-corrected chi connectivity index (χ1v) is 4.46. The van der Waals surface area contributed by atoms with Gasteiger partial charge in [0.25, 0.3) is 0 Å². The molecule has 0 aromatic carbocycles. The molecule has 0 aliphatic heterocycles. The van der Waals surface area contributed by atoms with E-state index in [9.17, 15) is 0 Å². The predicted molar refractivity (Wildman–Crippen MR) is 43.8 cm³/mol. The van der Waals surface area contributed by atoms with Gasteiger partial charge in [-0.25, -0.2) is 0 Å². The summed E-state index contributed by atoms with van der Waals surface area (Å²) in [6, 6.07) is 0. The van der Waals surface area contributed by atoms with Gasteiger partial charge in [0.1, 0.15) is 0 Å². The van der Waals surface area contributed by atoms with Gasteiger partial charge in [0.05, 0.1) is 0 Å². The Bertz CT molecular complexity index is 165. The fraction of sp³-hybridized carbons (Fsp3) is 0.800. The molecule has 2 aliphatic rings. The first-order chi connectivity index (χ1) is 4.75. The Morgan fingerprint density at radius 1 is 1.30 bits per heavy atom. The van der Waals surface area contributed by atoms with Crippen molar-refractivity contribution in [1.29, 1.82) is 0 Å². The van der Waals surface area contributed by atoms with Crippen LogP contribution >= 0.6 is 0 Å². The molecule has 3 atom stereocenters. The second kappa shape index (κ2) is 2.11. The molecule has 0 radical (unpaired) electrons. The maximum atomic E-state index is 2.51. The van der Waals surface area contributed by atoms with Gasteiger partial charge >= 0.3 is 0 Å². The molecule has 1 saturated carbocycles. The normalized spacial score (nSPS) is 45.4. The minimum atomic E-state index is 0.874. The fourth-order valence-electron chi connectivity index (χ4n) is 2.64. The van der Waals surface area contributed by atoms with Crippen LogP contribution < -0.4 is 0 Å². The summed E-state index contributed by atoms with van der Waals surface area (Å²) < 4.78 is 0. The zero-order valence-corrected chi connectivity index (χ0v) is 6.93. The molecule has 10 heavy (non-hydrogen) atoms. The Balaban J connectivity index is 2.24. The van der Waals surface area contributed by atoms with Crippen molar-refractivity contribution in [1.82, 2.24) is 0 Å². The van der Waals surface area contributed by atoms with E-state index in [-0.39, 0.29) is 0 Å². The van der Waals surface area contributed by atoms with Gasteiger partial charge in [0.15, 0.2) is 0 Å². The van der Waals surface area contributed by atoms with Gasteiger partial charge in [0, 0.05) is 0 Å². The zero-order chi connectivity index (χ0) is 7.14. The van der Waals surface area contributed by atoms with Crippen LogP contribution in [0, 0.1) is 17.8 Å². The first-order valence-electron chi connectivity index (χ1n) is 4.46. The van der Waals surface area contributed by atoms with E-state index in [1.165, 1.54) is 19.3 Å². The summed E-state index contributed by atoms with van der Waals surface area (Å²) in [5.41, 5.74) is 1.75. The molecule has 2 aliphatic carbocycles. The van der Waals surface area contributed by atoms with Gasteiger partial charge in [-0.3, -0.25) is 0 Å². The molecule has 0 amide bonds. The predicted octanol–water partition coefficient (Wildman–Crippen LogP) is 3.00. The number of hydrogen-bond donors (Lipinski definition) is 0. The lowest BCUT2D eigenvalue weighted by atomic mass is 9.89. The molecule has 3 unspecified atom stereocenters. The van der Waals surface area contributed by atoms with Crippen molar-refractivity contribution >= 4 is 0 Å². The second-order valence-corrected chi connectivity index (χ2v) is 4.16. The third-order valence-electron chi connectivity index (χ3n) is 3.05. The minimum absolute atomic E-state index is 0.874. The third kappa shape index (κ3) is 0.902. The molecule has 0 saturated heterocycles.